The first-order valence-electron chi connectivity index (χ1n) is 11.6. The van der Waals surface area contributed by atoms with Crippen LogP contribution < -0.4 is 0 Å². The average Bonchev–Trinajstić information content (AvgIpc) is 2.92. The Labute approximate surface area is 185 Å². The van der Waals surface area contributed by atoms with E-state index in [4.69, 9.17) is 0 Å². The van der Waals surface area contributed by atoms with Gasteiger partial charge in [-0.1, -0.05) is 82.6 Å². The molecule has 5 heteroatoms. The summed E-state index contributed by atoms with van der Waals surface area (Å²) >= 11 is 0. The van der Waals surface area contributed by atoms with E-state index in [1.807, 2.05) is 55.4 Å². The molecule has 0 fully saturated rings. The lowest BCUT2D eigenvalue weighted by atomic mass is 9.91. The predicted octanol–water partition coefficient (Wildman–Crippen LogP) is 6.23. The minimum atomic E-state index is -2.21. The van der Waals surface area contributed by atoms with Gasteiger partial charge in [-0.2, -0.15) is 0 Å². The summed E-state index contributed by atoms with van der Waals surface area (Å²) in [5.74, 6) is -1.35. The minimum Gasteiger partial charge on any atom is -0.508 e. The lowest BCUT2D eigenvalue weighted by molar-refractivity contribution is -0.138. The summed E-state index contributed by atoms with van der Waals surface area (Å²) in [6.45, 7) is 22.1. The molecule has 178 valence electrons. The molecular formula is C25H48O5. The number of aliphatic hydroxyl groups excluding tert-OH is 1. The van der Waals surface area contributed by atoms with Crippen molar-refractivity contribution in [3.63, 3.8) is 0 Å². The molecule has 1 aliphatic carbocycles. The molecule has 0 bridgehead atoms. The van der Waals surface area contributed by atoms with Gasteiger partial charge in [0.25, 0.3) is 0 Å². The largest absolute Gasteiger partial charge is 0.508 e. The van der Waals surface area contributed by atoms with Crippen molar-refractivity contribution in [3.05, 3.63) is 11.3 Å². The standard InChI is InChI=1S/C16H24O5.C5H12.2C2H6/c1-9(2)5-6-13(19)16(21)8-12(18)14(15(16)20)11(17)7-10(3)4;1-4-5(2)3;2*1-2/h9-10,20-21H,5-8H2,1-4H3;5H,4H2,1-3H3;2*1-2H3. The van der Waals surface area contributed by atoms with E-state index in [9.17, 15) is 24.6 Å². The molecule has 0 amide bonds. The van der Waals surface area contributed by atoms with Crippen LogP contribution in [0.3, 0.4) is 0 Å². The van der Waals surface area contributed by atoms with Gasteiger partial charge in [0.2, 0.25) is 0 Å². The maximum absolute atomic E-state index is 12.1. The van der Waals surface area contributed by atoms with Gasteiger partial charge >= 0.3 is 0 Å². The zero-order valence-corrected chi connectivity index (χ0v) is 21.4. The van der Waals surface area contributed by atoms with Crippen LogP contribution in [-0.4, -0.2) is 33.2 Å². The molecule has 0 aliphatic heterocycles. The van der Waals surface area contributed by atoms with E-state index in [1.165, 1.54) is 6.42 Å². The third-order valence-electron chi connectivity index (χ3n) is 4.42. The van der Waals surface area contributed by atoms with Crippen LogP contribution in [0.1, 0.15) is 108 Å². The second kappa shape index (κ2) is 17.2. The monoisotopic (exact) mass is 428 g/mol. The number of carbonyl (C=O) groups excluding carboxylic acids is 3. The van der Waals surface area contributed by atoms with Crippen LogP contribution in [0.4, 0.5) is 0 Å². The van der Waals surface area contributed by atoms with Crippen LogP contribution in [-0.2, 0) is 14.4 Å². The number of Topliss-reactive ketones (excluding diaryl/α,β-unsaturated/α-hetero) is 3. The molecule has 1 aliphatic rings. The van der Waals surface area contributed by atoms with Gasteiger partial charge in [-0.05, 0) is 24.2 Å². The van der Waals surface area contributed by atoms with Gasteiger partial charge in [-0.25, -0.2) is 0 Å². The zero-order chi connectivity index (χ0) is 24.7. The van der Waals surface area contributed by atoms with Gasteiger partial charge < -0.3 is 10.2 Å². The van der Waals surface area contributed by atoms with E-state index in [1.54, 1.807) is 0 Å². The second-order valence-corrected chi connectivity index (χ2v) is 8.36. The van der Waals surface area contributed by atoms with Crippen molar-refractivity contribution in [1.82, 2.24) is 0 Å². The molecule has 0 aromatic carbocycles. The normalized spacial score (nSPS) is 17.8. The van der Waals surface area contributed by atoms with Gasteiger partial charge in [0.05, 0.1) is 6.42 Å². The minimum absolute atomic E-state index is 0.0240. The molecule has 0 aromatic heterocycles. The van der Waals surface area contributed by atoms with E-state index in [0.717, 1.165) is 5.92 Å². The maximum atomic E-state index is 12.1. The number of hydrogen-bond donors (Lipinski definition) is 2. The van der Waals surface area contributed by atoms with Crippen molar-refractivity contribution in [2.75, 3.05) is 0 Å². The van der Waals surface area contributed by atoms with E-state index in [-0.39, 0.29) is 24.7 Å². The van der Waals surface area contributed by atoms with Crippen LogP contribution in [0.25, 0.3) is 0 Å². The average molecular weight is 429 g/mol. The van der Waals surface area contributed by atoms with Crippen molar-refractivity contribution in [2.45, 2.75) is 114 Å². The number of ketones is 3. The molecule has 5 nitrogen and oxygen atoms in total. The first-order valence-corrected chi connectivity index (χ1v) is 11.6. The highest BCUT2D eigenvalue weighted by molar-refractivity contribution is 6.24. The Kier molecular flexibility index (Phi) is 19.0. The van der Waals surface area contributed by atoms with E-state index >= 15 is 0 Å². The molecule has 0 radical (unpaired) electrons. The topological polar surface area (TPSA) is 91.7 Å². The van der Waals surface area contributed by atoms with E-state index in [0.29, 0.717) is 6.42 Å². The van der Waals surface area contributed by atoms with Gasteiger partial charge in [-0.15, -0.1) is 0 Å². The van der Waals surface area contributed by atoms with Crippen LogP contribution in [0, 0.1) is 17.8 Å². The SMILES string of the molecule is CC.CC.CC(C)CCC(=O)C1(O)CC(=O)C(C(=O)CC(C)C)=C1O.CCC(C)C. The molecule has 0 heterocycles. The zero-order valence-electron chi connectivity index (χ0n) is 21.4. The summed E-state index contributed by atoms with van der Waals surface area (Å²) in [5.41, 5.74) is -2.61. The highest BCUT2D eigenvalue weighted by atomic mass is 16.3. The Hall–Kier alpha value is -1.49. The quantitative estimate of drug-likeness (QED) is 0.447. The molecule has 0 saturated carbocycles. The van der Waals surface area contributed by atoms with Gasteiger partial charge in [0.1, 0.15) is 11.3 Å². The first kappa shape index (κ1) is 33.2. The summed E-state index contributed by atoms with van der Waals surface area (Å²) in [5, 5.41) is 20.4. The number of aliphatic hydroxyl groups is 2. The lowest BCUT2D eigenvalue weighted by Gasteiger charge is -2.20. The molecule has 0 saturated heterocycles. The molecule has 1 unspecified atom stereocenters. The Balaban J connectivity index is -0.000000692. The summed E-state index contributed by atoms with van der Waals surface area (Å²) < 4.78 is 0. The van der Waals surface area contributed by atoms with E-state index in [2.05, 4.69) is 20.8 Å². The van der Waals surface area contributed by atoms with Crippen molar-refractivity contribution in [3.8, 4) is 0 Å². The highest BCUT2D eigenvalue weighted by Crippen LogP contribution is 2.35. The van der Waals surface area contributed by atoms with Gasteiger partial charge in [-0.3, -0.25) is 14.4 Å². The van der Waals surface area contributed by atoms with Gasteiger partial charge in [0.15, 0.2) is 23.0 Å². The number of hydrogen-bond acceptors (Lipinski definition) is 5. The fourth-order valence-corrected chi connectivity index (χ4v) is 2.36. The third kappa shape index (κ3) is 11.6. The number of allylic oxidation sites excluding steroid dienone is 1. The lowest BCUT2D eigenvalue weighted by Crippen LogP contribution is -2.39. The summed E-state index contributed by atoms with van der Waals surface area (Å²) in [6, 6.07) is 0. The molecule has 0 aromatic rings. The van der Waals surface area contributed by atoms with Crippen LogP contribution in [0.2, 0.25) is 0 Å². The van der Waals surface area contributed by atoms with Gasteiger partial charge in [0, 0.05) is 12.8 Å². The van der Waals surface area contributed by atoms with Crippen molar-refractivity contribution < 1.29 is 24.6 Å². The molecule has 1 atom stereocenters. The Morgan fingerprint density at radius 2 is 1.37 bits per heavy atom. The van der Waals surface area contributed by atoms with Crippen LogP contribution >= 0.6 is 0 Å². The van der Waals surface area contributed by atoms with Crippen molar-refractivity contribution in [1.29, 1.82) is 0 Å². The first-order chi connectivity index (χ1) is 13.9. The summed E-state index contributed by atoms with van der Waals surface area (Å²) in [7, 11) is 0. The predicted molar refractivity (Wildman–Crippen MR) is 126 cm³/mol. The second-order valence-electron chi connectivity index (χ2n) is 8.36. The smallest absolute Gasteiger partial charge is 0.187 e. The van der Waals surface area contributed by atoms with Crippen molar-refractivity contribution in [2.24, 2.45) is 17.8 Å². The number of rotatable bonds is 8. The molecule has 0 spiro atoms. The van der Waals surface area contributed by atoms with Crippen LogP contribution in [0.5, 0.6) is 0 Å². The van der Waals surface area contributed by atoms with Crippen LogP contribution in [0.15, 0.2) is 11.3 Å². The fraction of sp³-hybridized carbons (Fsp3) is 0.800. The molecule has 30 heavy (non-hydrogen) atoms. The Morgan fingerprint density at radius 1 is 0.933 bits per heavy atom. The molecule has 1 rings (SSSR count). The molecule has 2 N–H and O–H groups in total. The Morgan fingerprint density at radius 3 is 1.70 bits per heavy atom. The van der Waals surface area contributed by atoms with Crippen molar-refractivity contribution >= 4 is 17.3 Å². The molecular weight excluding hydrogens is 380 g/mol. The number of carbonyl (C=O) groups is 3. The summed E-state index contributed by atoms with van der Waals surface area (Å²) in [4.78, 5) is 36.0. The third-order valence-corrected chi connectivity index (χ3v) is 4.42. The fourth-order valence-electron chi connectivity index (χ4n) is 2.36. The summed E-state index contributed by atoms with van der Waals surface area (Å²) in [6.07, 6.45) is 1.49. The highest BCUT2D eigenvalue weighted by Gasteiger charge is 2.51. The van der Waals surface area contributed by atoms with E-state index < -0.39 is 40.7 Å². The maximum Gasteiger partial charge on any atom is 0.187 e. The Bertz CT molecular complexity index is 544.